The molecule has 3 heteroatoms. The predicted octanol–water partition coefficient (Wildman–Crippen LogP) is 3.60. The Morgan fingerprint density at radius 3 is 2.57 bits per heavy atom. The minimum absolute atomic E-state index is 0.118. The van der Waals surface area contributed by atoms with Crippen molar-refractivity contribution in [2.24, 2.45) is 0 Å². The second-order valence-corrected chi connectivity index (χ2v) is 5.81. The molecule has 3 nitrogen and oxygen atoms in total. The summed E-state index contributed by atoms with van der Waals surface area (Å²) in [5.74, 6) is -0.118. The molecular weight excluding hydrogens is 262 g/mol. The van der Waals surface area contributed by atoms with Gasteiger partial charge in [0.05, 0.1) is 0 Å². The number of carbonyl (C=O) groups is 1. The highest BCUT2D eigenvalue weighted by molar-refractivity contribution is 5.81. The van der Waals surface area contributed by atoms with Gasteiger partial charge in [-0.25, -0.2) is 0 Å². The Hall–Kier alpha value is -1.61. The molecular formula is C18H25NO2. The monoisotopic (exact) mass is 287 g/mol. The lowest BCUT2D eigenvalue weighted by Gasteiger charge is -2.28. The topological polar surface area (TPSA) is 38.3 Å². The van der Waals surface area contributed by atoms with E-state index >= 15 is 0 Å². The molecule has 1 fully saturated rings. The first kappa shape index (κ1) is 15.8. The fraction of sp³-hybridized carbons (Fsp3) is 0.500. The summed E-state index contributed by atoms with van der Waals surface area (Å²) in [4.78, 5) is 12.5. The lowest BCUT2D eigenvalue weighted by atomic mass is 9.97. The van der Waals surface area contributed by atoms with Crippen LogP contribution in [0.15, 0.2) is 42.5 Å². The molecule has 114 valence electrons. The fourth-order valence-corrected chi connectivity index (χ4v) is 2.71. The molecule has 0 radical (unpaired) electrons. The number of benzene rings is 1. The third-order valence-corrected chi connectivity index (χ3v) is 4.24. The van der Waals surface area contributed by atoms with Crippen LogP contribution in [0.2, 0.25) is 0 Å². The summed E-state index contributed by atoms with van der Waals surface area (Å²) >= 11 is 0. The minimum atomic E-state index is -0.507. The van der Waals surface area contributed by atoms with Crippen molar-refractivity contribution in [2.75, 3.05) is 6.54 Å². The van der Waals surface area contributed by atoms with Crippen LogP contribution in [0, 0.1) is 0 Å². The van der Waals surface area contributed by atoms with Gasteiger partial charge in [0.25, 0.3) is 0 Å². The average Bonchev–Trinajstić information content (AvgIpc) is 3.01. The highest BCUT2D eigenvalue weighted by Gasteiger charge is 2.42. The summed E-state index contributed by atoms with van der Waals surface area (Å²) in [5.41, 5.74) is 1.64. The van der Waals surface area contributed by atoms with Crippen molar-refractivity contribution in [2.45, 2.75) is 51.2 Å². The second-order valence-electron chi connectivity index (χ2n) is 5.81. The molecule has 1 N–H and O–H groups in total. The van der Waals surface area contributed by atoms with E-state index in [0.29, 0.717) is 13.2 Å². The van der Waals surface area contributed by atoms with Crippen LogP contribution in [0.5, 0.6) is 0 Å². The van der Waals surface area contributed by atoms with Crippen molar-refractivity contribution in [1.29, 1.82) is 0 Å². The fourth-order valence-electron chi connectivity index (χ4n) is 2.71. The van der Waals surface area contributed by atoms with Crippen LogP contribution in [0.1, 0.15) is 44.6 Å². The molecule has 1 saturated carbocycles. The second kappa shape index (κ2) is 7.41. The van der Waals surface area contributed by atoms with Crippen molar-refractivity contribution in [3.05, 3.63) is 48.0 Å². The first-order valence-electron chi connectivity index (χ1n) is 7.79. The molecule has 0 aliphatic heterocycles. The lowest BCUT2D eigenvalue weighted by molar-refractivity contribution is -0.152. The van der Waals surface area contributed by atoms with Crippen LogP contribution < -0.4 is 5.32 Å². The van der Waals surface area contributed by atoms with E-state index < -0.39 is 5.54 Å². The number of nitrogens with one attached hydrogen (secondary N) is 1. The van der Waals surface area contributed by atoms with Gasteiger partial charge in [-0.1, -0.05) is 62.2 Å². The molecule has 1 aliphatic carbocycles. The van der Waals surface area contributed by atoms with Crippen molar-refractivity contribution in [3.63, 3.8) is 0 Å². The lowest BCUT2D eigenvalue weighted by Crippen LogP contribution is -2.51. The van der Waals surface area contributed by atoms with Gasteiger partial charge in [-0.2, -0.15) is 0 Å². The Bertz CT molecular complexity index is 475. The highest BCUT2D eigenvalue weighted by atomic mass is 16.5. The molecule has 1 aromatic rings. The molecule has 0 atom stereocenters. The zero-order chi connectivity index (χ0) is 15.1. The summed E-state index contributed by atoms with van der Waals surface area (Å²) in [6.07, 6.45) is 4.80. The molecule has 0 heterocycles. The molecule has 0 unspecified atom stereocenters. The first-order chi connectivity index (χ1) is 10.2. The van der Waals surface area contributed by atoms with Crippen LogP contribution in [0.3, 0.4) is 0 Å². The zero-order valence-corrected chi connectivity index (χ0v) is 12.9. The molecule has 21 heavy (non-hydrogen) atoms. The van der Waals surface area contributed by atoms with E-state index in [4.69, 9.17) is 4.74 Å². The van der Waals surface area contributed by atoms with Crippen LogP contribution in [0.25, 0.3) is 0 Å². The van der Waals surface area contributed by atoms with Crippen molar-refractivity contribution in [1.82, 2.24) is 5.32 Å². The van der Waals surface area contributed by atoms with Crippen molar-refractivity contribution in [3.8, 4) is 0 Å². The molecule has 0 spiro atoms. The third-order valence-electron chi connectivity index (χ3n) is 4.24. The molecule has 0 bridgehead atoms. The van der Waals surface area contributed by atoms with E-state index in [1.54, 1.807) is 0 Å². The van der Waals surface area contributed by atoms with Gasteiger partial charge in [0, 0.05) is 6.54 Å². The number of carbonyl (C=O) groups excluding carboxylic acids is 1. The van der Waals surface area contributed by atoms with Gasteiger partial charge in [0.1, 0.15) is 12.1 Å². The molecule has 2 rings (SSSR count). The Labute approximate surface area is 127 Å². The van der Waals surface area contributed by atoms with Gasteiger partial charge in [-0.05, 0) is 24.8 Å². The summed E-state index contributed by atoms with van der Waals surface area (Å²) in [6.45, 7) is 7.12. The van der Waals surface area contributed by atoms with Gasteiger partial charge in [0.2, 0.25) is 0 Å². The van der Waals surface area contributed by atoms with E-state index in [9.17, 15) is 4.79 Å². The molecule has 0 saturated heterocycles. The number of esters is 1. The number of ether oxygens (including phenoxy) is 1. The summed E-state index contributed by atoms with van der Waals surface area (Å²) in [6, 6.07) is 9.82. The Morgan fingerprint density at radius 1 is 1.29 bits per heavy atom. The predicted molar refractivity (Wildman–Crippen MR) is 84.9 cm³/mol. The summed E-state index contributed by atoms with van der Waals surface area (Å²) in [7, 11) is 0. The maximum absolute atomic E-state index is 12.5. The van der Waals surface area contributed by atoms with Crippen LogP contribution in [0.4, 0.5) is 0 Å². The van der Waals surface area contributed by atoms with Gasteiger partial charge in [0.15, 0.2) is 0 Å². The Balaban J connectivity index is 1.94. The maximum Gasteiger partial charge on any atom is 0.326 e. The van der Waals surface area contributed by atoms with Gasteiger partial charge < -0.3 is 4.74 Å². The third kappa shape index (κ3) is 4.18. The minimum Gasteiger partial charge on any atom is -0.459 e. The van der Waals surface area contributed by atoms with Gasteiger partial charge >= 0.3 is 5.97 Å². The zero-order valence-electron chi connectivity index (χ0n) is 12.9. The van der Waals surface area contributed by atoms with Crippen molar-refractivity contribution >= 4 is 5.97 Å². The SMILES string of the molecule is C=C(CC)CNC1(C(=O)OCc2ccccc2)CCCC1. The van der Waals surface area contributed by atoms with Crippen LogP contribution >= 0.6 is 0 Å². The molecule has 1 aromatic carbocycles. The summed E-state index contributed by atoms with van der Waals surface area (Å²) in [5, 5.41) is 3.41. The molecule has 0 amide bonds. The van der Waals surface area contributed by atoms with Crippen LogP contribution in [-0.2, 0) is 16.1 Å². The van der Waals surface area contributed by atoms with E-state index in [-0.39, 0.29) is 5.97 Å². The van der Waals surface area contributed by atoms with Gasteiger partial charge in [-0.15, -0.1) is 0 Å². The van der Waals surface area contributed by atoms with Gasteiger partial charge in [-0.3, -0.25) is 10.1 Å². The normalized spacial score (nSPS) is 16.6. The number of rotatable bonds is 7. The van der Waals surface area contributed by atoms with Crippen LogP contribution in [-0.4, -0.2) is 18.1 Å². The highest BCUT2D eigenvalue weighted by Crippen LogP contribution is 2.31. The quantitative estimate of drug-likeness (QED) is 0.615. The number of hydrogen-bond donors (Lipinski definition) is 1. The summed E-state index contributed by atoms with van der Waals surface area (Å²) < 4.78 is 5.55. The smallest absolute Gasteiger partial charge is 0.326 e. The average molecular weight is 287 g/mol. The largest absolute Gasteiger partial charge is 0.459 e. The van der Waals surface area contributed by atoms with Crippen molar-refractivity contribution < 1.29 is 9.53 Å². The molecule has 0 aromatic heterocycles. The molecule has 1 aliphatic rings. The van der Waals surface area contributed by atoms with E-state index in [1.165, 1.54) is 0 Å². The Morgan fingerprint density at radius 2 is 1.95 bits per heavy atom. The van der Waals surface area contributed by atoms with E-state index in [0.717, 1.165) is 43.2 Å². The van der Waals surface area contributed by atoms with E-state index in [2.05, 4.69) is 18.8 Å². The standard InChI is InChI=1S/C18H25NO2/c1-3-15(2)13-19-18(11-7-8-12-18)17(20)21-14-16-9-5-4-6-10-16/h4-6,9-10,19H,2-3,7-8,11-14H2,1H3. The first-order valence-corrected chi connectivity index (χ1v) is 7.79. The maximum atomic E-state index is 12.5. The number of hydrogen-bond acceptors (Lipinski definition) is 3. The Kier molecular flexibility index (Phi) is 5.57. The van der Waals surface area contributed by atoms with E-state index in [1.807, 2.05) is 30.3 Å².